The minimum absolute atomic E-state index is 0.133. The highest BCUT2D eigenvalue weighted by Gasteiger charge is 2.13. The van der Waals surface area contributed by atoms with E-state index in [4.69, 9.17) is 0 Å². The molecule has 2 heteroatoms. The number of hydrogen-bond acceptors (Lipinski definition) is 1. The molecule has 54 valence electrons. The second-order valence-electron chi connectivity index (χ2n) is 2.38. The molecule has 0 aromatic heterocycles. The first-order chi connectivity index (χ1) is 4.74. The summed E-state index contributed by atoms with van der Waals surface area (Å²) in [6.45, 7) is 6.70. The molecule has 0 aliphatic carbocycles. The van der Waals surface area contributed by atoms with E-state index in [1.807, 2.05) is 6.08 Å². The van der Waals surface area contributed by atoms with Gasteiger partial charge in [-0.2, -0.15) is 0 Å². The molecule has 1 rings (SSSR count). The zero-order valence-electron chi connectivity index (χ0n) is 6.13. The van der Waals surface area contributed by atoms with Gasteiger partial charge in [0.2, 0.25) is 5.91 Å². The number of amides is 1. The molecule has 0 N–H and O–H groups in total. The highest BCUT2D eigenvalue weighted by atomic mass is 16.2. The average molecular weight is 137 g/mol. The van der Waals surface area contributed by atoms with Crippen LogP contribution in [0.25, 0.3) is 0 Å². The molecule has 1 aliphatic heterocycles. The van der Waals surface area contributed by atoms with Gasteiger partial charge >= 0.3 is 0 Å². The molecule has 1 amide bonds. The van der Waals surface area contributed by atoms with Gasteiger partial charge in [0.15, 0.2) is 0 Å². The van der Waals surface area contributed by atoms with Gasteiger partial charge in [-0.15, -0.1) is 0 Å². The van der Waals surface area contributed by atoms with Crippen molar-refractivity contribution in [3.8, 4) is 0 Å². The summed E-state index contributed by atoms with van der Waals surface area (Å²) in [4.78, 5) is 12.5. The van der Waals surface area contributed by atoms with Gasteiger partial charge in [-0.05, 0) is 5.57 Å². The summed E-state index contributed by atoms with van der Waals surface area (Å²) in [6, 6.07) is 0. The van der Waals surface area contributed by atoms with Crippen molar-refractivity contribution in [3.63, 3.8) is 0 Å². The topological polar surface area (TPSA) is 20.3 Å². The maximum atomic E-state index is 10.8. The van der Waals surface area contributed by atoms with Crippen molar-refractivity contribution in [1.29, 1.82) is 0 Å². The molecule has 0 bridgehead atoms. The Morgan fingerprint density at radius 3 is 2.90 bits per heavy atom. The third-order valence-corrected chi connectivity index (χ3v) is 1.65. The van der Waals surface area contributed by atoms with E-state index in [2.05, 4.69) is 6.58 Å². The molecule has 10 heavy (non-hydrogen) atoms. The molecular weight excluding hydrogens is 126 g/mol. The number of rotatable bonds is 1. The zero-order valence-corrected chi connectivity index (χ0v) is 6.13. The third kappa shape index (κ3) is 1.26. The van der Waals surface area contributed by atoms with Crippen LogP contribution < -0.4 is 0 Å². The van der Waals surface area contributed by atoms with Crippen LogP contribution in [-0.2, 0) is 4.79 Å². The summed E-state index contributed by atoms with van der Waals surface area (Å²) in [7, 11) is 0. The number of nitrogens with zero attached hydrogens (tertiary/aromatic N) is 1. The SMILES string of the molecule is C=CC1=CCN(C(C)=O)C1. The Hall–Kier alpha value is -1.05. The predicted octanol–water partition coefficient (Wildman–Crippen LogP) is 0.961. The van der Waals surface area contributed by atoms with Crippen molar-refractivity contribution < 1.29 is 4.79 Å². The van der Waals surface area contributed by atoms with Gasteiger partial charge in [-0.25, -0.2) is 0 Å². The molecule has 0 aromatic carbocycles. The second kappa shape index (κ2) is 2.69. The van der Waals surface area contributed by atoms with Crippen LogP contribution in [0, 0.1) is 0 Å². The summed E-state index contributed by atoms with van der Waals surface area (Å²) in [5.41, 5.74) is 1.15. The molecule has 0 radical (unpaired) electrons. The second-order valence-corrected chi connectivity index (χ2v) is 2.38. The maximum Gasteiger partial charge on any atom is 0.220 e. The van der Waals surface area contributed by atoms with Crippen molar-refractivity contribution in [3.05, 3.63) is 24.3 Å². The number of carbonyl (C=O) groups is 1. The minimum Gasteiger partial charge on any atom is -0.335 e. The lowest BCUT2D eigenvalue weighted by molar-refractivity contribution is -0.127. The van der Waals surface area contributed by atoms with E-state index >= 15 is 0 Å². The van der Waals surface area contributed by atoms with E-state index in [0.29, 0.717) is 0 Å². The van der Waals surface area contributed by atoms with Crippen LogP contribution in [-0.4, -0.2) is 23.9 Å². The van der Waals surface area contributed by atoms with Gasteiger partial charge < -0.3 is 4.90 Å². The molecule has 1 aliphatic rings. The maximum absolute atomic E-state index is 10.8. The van der Waals surface area contributed by atoms with E-state index in [0.717, 1.165) is 18.7 Å². The smallest absolute Gasteiger partial charge is 0.220 e. The van der Waals surface area contributed by atoms with E-state index in [1.54, 1.807) is 17.9 Å². The molecule has 0 saturated carbocycles. The third-order valence-electron chi connectivity index (χ3n) is 1.65. The van der Waals surface area contributed by atoms with E-state index in [9.17, 15) is 4.79 Å². The Bertz CT molecular complexity index is 193. The molecular formula is C8H11NO. The molecule has 0 atom stereocenters. The summed E-state index contributed by atoms with van der Waals surface area (Å²) >= 11 is 0. The molecule has 0 saturated heterocycles. The van der Waals surface area contributed by atoms with Crippen LogP contribution in [0.3, 0.4) is 0 Å². The van der Waals surface area contributed by atoms with Crippen LogP contribution in [0.5, 0.6) is 0 Å². The Morgan fingerprint density at radius 1 is 1.90 bits per heavy atom. The fraction of sp³-hybridized carbons (Fsp3) is 0.375. The van der Waals surface area contributed by atoms with E-state index < -0.39 is 0 Å². The van der Waals surface area contributed by atoms with Crippen LogP contribution in [0.4, 0.5) is 0 Å². The Balaban J connectivity index is 2.51. The van der Waals surface area contributed by atoms with Gasteiger partial charge in [-0.3, -0.25) is 4.79 Å². The lowest BCUT2D eigenvalue weighted by Gasteiger charge is -2.11. The van der Waals surface area contributed by atoms with E-state index in [1.165, 1.54) is 0 Å². The fourth-order valence-electron chi connectivity index (χ4n) is 0.965. The zero-order chi connectivity index (χ0) is 7.56. The summed E-state index contributed by atoms with van der Waals surface area (Å²) in [5.74, 6) is 0.133. The number of carbonyl (C=O) groups excluding carboxylic acids is 1. The molecule has 1 heterocycles. The quantitative estimate of drug-likeness (QED) is 0.527. The first-order valence-electron chi connectivity index (χ1n) is 3.31. The lowest BCUT2D eigenvalue weighted by Crippen LogP contribution is -2.25. The van der Waals surface area contributed by atoms with Crippen LogP contribution in [0.15, 0.2) is 24.3 Å². The van der Waals surface area contributed by atoms with Crippen molar-refractivity contribution in [1.82, 2.24) is 4.90 Å². The molecule has 2 nitrogen and oxygen atoms in total. The van der Waals surface area contributed by atoms with Gasteiger partial charge in [0.05, 0.1) is 0 Å². The Labute approximate surface area is 60.8 Å². The fourth-order valence-corrected chi connectivity index (χ4v) is 0.965. The Kier molecular flexibility index (Phi) is 1.90. The normalized spacial score (nSPS) is 16.9. The monoisotopic (exact) mass is 137 g/mol. The Morgan fingerprint density at radius 2 is 2.60 bits per heavy atom. The van der Waals surface area contributed by atoms with Gasteiger partial charge in [0, 0.05) is 20.0 Å². The average Bonchev–Trinajstić information content (AvgIpc) is 2.34. The highest BCUT2D eigenvalue weighted by molar-refractivity contribution is 5.74. The minimum atomic E-state index is 0.133. The lowest BCUT2D eigenvalue weighted by atomic mass is 10.3. The summed E-state index contributed by atoms with van der Waals surface area (Å²) < 4.78 is 0. The predicted molar refractivity (Wildman–Crippen MR) is 40.5 cm³/mol. The van der Waals surface area contributed by atoms with Crippen LogP contribution in [0.1, 0.15) is 6.92 Å². The molecule has 0 fully saturated rings. The number of hydrogen-bond donors (Lipinski definition) is 0. The van der Waals surface area contributed by atoms with Gasteiger partial charge in [0.25, 0.3) is 0 Å². The van der Waals surface area contributed by atoms with Crippen molar-refractivity contribution >= 4 is 5.91 Å². The van der Waals surface area contributed by atoms with Crippen LogP contribution in [0.2, 0.25) is 0 Å². The van der Waals surface area contributed by atoms with Crippen molar-refractivity contribution in [2.45, 2.75) is 6.92 Å². The summed E-state index contributed by atoms with van der Waals surface area (Å²) in [5, 5.41) is 0. The first kappa shape index (κ1) is 7.06. The summed E-state index contributed by atoms with van der Waals surface area (Å²) in [6.07, 6.45) is 3.82. The highest BCUT2D eigenvalue weighted by Crippen LogP contribution is 2.08. The standard InChI is InChI=1S/C8H11NO/c1-3-8-4-5-9(6-8)7(2)10/h3-4H,1,5-6H2,2H3. The molecule has 0 spiro atoms. The molecule has 0 aromatic rings. The van der Waals surface area contributed by atoms with Crippen LogP contribution >= 0.6 is 0 Å². The van der Waals surface area contributed by atoms with Gasteiger partial charge in [-0.1, -0.05) is 18.7 Å². The largest absolute Gasteiger partial charge is 0.335 e. The first-order valence-corrected chi connectivity index (χ1v) is 3.31. The molecule has 0 unspecified atom stereocenters. The van der Waals surface area contributed by atoms with Crippen molar-refractivity contribution in [2.75, 3.05) is 13.1 Å². The van der Waals surface area contributed by atoms with E-state index in [-0.39, 0.29) is 5.91 Å². The van der Waals surface area contributed by atoms with Crippen molar-refractivity contribution in [2.24, 2.45) is 0 Å². The van der Waals surface area contributed by atoms with Gasteiger partial charge in [0.1, 0.15) is 0 Å².